The van der Waals surface area contributed by atoms with E-state index in [1.54, 1.807) is 37.3 Å². The van der Waals surface area contributed by atoms with Gasteiger partial charge in [0.15, 0.2) is 0 Å². The summed E-state index contributed by atoms with van der Waals surface area (Å²) in [7, 11) is 0. The fourth-order valence-corrected chi connectivity index (χ4v) is 12.7. The number of benzene rings is 2. The number of phenols is 1. The molecule has 0 aromatic heterocycles. The van der Waals surface area contributed by atoms with Gasteiger partial charge in [-0.25, -0.2) is 0 Å². The minimum atomic E-state index is -2.19. The van der Waals surface area contributed by atoms with Crippen molar-refractivity contribution in [3.8, 4) is 5.75 Å². The topological polar surface area (TPSA) is 877 Å². The summed E-state index contributed by atoms with van der Waals surface area (Å²) in [5, 5.41) is 115. The Labute approximate surface area is 768 Å². The lowest BCUT2D eigenvalue weighted by molar-refractivity contribution is -0.142. The Morgan fingerprint density at radius 3 is 1.05 bits per heavy atom. The standard InChI is InChI=1S/C82H125N21O31/c1-7-41(6)67(103-68(120)45(85)31-57(86)107)82(134)98-52(32-58(87)108)75(127)92-49(24-26-61(112)113)73(125)97-53(33-62(114)115)70(122)88-35-59(109)90-55(37-104)78(130)93-48(23-25-60(110)111)72(124)91-47(18-12-14-28-84)71(123)95-50(29-42-15-9-8-10-16-42)74(126)96-51(30-43-19-21-44(106)22-20-43)77(129)101-66(40(4)5)81(133)99-54(34-63(116)117)76(128)100-56(38-105)79(131)102-65(39(2)3)80(132)94-46(17-11-13-27-83)69(121)89-36-64(118)119/h8-10,15-16,19-22,39-41,45-56,65-67,104-106H,7,11-14,17-18,23-38,83-85H2,1-6H3,(H2,86,107)(H2,87,108)(H,88,122)(H,89,121)(H,90,109)(H,91,124)(H,92,127)(H,93,130)(H,94,132)(H,95,123)(H,96,126)(H,97,125)(H,98,134)(H,99,133)(H,100,128)(H,101,129)(H,102,131)(H,103,120)(H,110,111)(H,112,113)(H,114,115)(H,116,117)(H,118,119)/t41-,45-,46-,47-,48-,49-,50-,51-,52-,53-,54-,55-,56-,65-,66-,67-/m0/s1. The third kappa shape index (κ3) is 43.7. The molecule has 0 spiro atoms. The number of aliphatic hydroxyl groups excluding tert-OH is 2. The number of aliphatic hydroxyl groups is 2. The van der Waals surface area contributed by atoms with E-state index in [1.165, 1.54) is 58.9 Å². The number of unbranched alkanes of at least 4 members (excludes halogenated alkanes) is 2. The Morgan fingerprint density at radius 2 is 0.642 bits per heavy atom. The first-order valence-electron chi connectivity index (χ1n) is 42.6. The summed E-state index contributed by atoms with van der Waals surface area (Å²) in [5.74, 6) is -32.4. The maximum Gasteiger partial charge on any atom is 0.322 e. The Bertz CT molecular complexity index is 4410. The minimum absolute atomic E-state index is 0.00811. The number of nitrogens with one attached hydrogen (secondary N) is 16. The second-order valence-corrected chi connectivity index (χ2v) is 31.9. The zero-order chi connectivity index (χ0) is 101. The van der Waals surface area contributed by atoms with Gasteiger partial charge >= 0.3 is 29.8 Å². The van der Waals surface area contributed by atoms with Crippen LogP contribution < -0.4 is 114 Å². The second kappa shape index (κ2) is 60.0. The summed E-state index contributed by atoms with van der Waals surface area (Å²) < 4.78 is 0. The highest BCUT2D eigenvalue weighted by molar-refractivity contribution is 6.03. The molecule has 16 atom stereocenters. The summed E-state index contributed by atoms with van der Waals surface area (Å²) in [6.07, 6.45) is -7.48. The molecule has 0 saturated carbocycles. The maximum absolute atomic E-state index is 15.0. The Kier molecular flexibility index (Phi) is 51.9. The Balaban J connectivity index is 2.55. The number of amides is 18. The fraction of sp³-hybridized carbons (Fsp3) is 0.573. The lowest BCUT2D eigenvalue weighted by atomic mass is 9.97. The van der Waals surface area contributed by atoms with Gasteiger partial charge in [-0.3, -0.25) is 110 Å². The number of carbonyl (C=O) groups excluding carboxylic acids is 18. The lowest BCUT2D eigenvalue weighted by Crippen LogP contribution is -2.62. The van der Waals surface area contributed by atoms with Crippen molar-refractivity contribution in [1.29, 1.82) is 0 Å². The number of hydrogen-bond acceptors (Lipinski definition) is 29. The van der Waals surface area contributed by atoms with E-state index in [0.717, 1.165) is 0 Å². The number of carbonyl (C=O) groups is 23. The highest BCUT2D eigenvalue weighted by Crippen LogP contribution is 2.18. The highest BCUT2D eigenvalue weighted by atomic mass is 16.4. The van der Waals surface area contributed by atoms with Crippen molar-refractivity contribution in [2.75, 3.05) is 39.4 Å². The van der Waals surface area contributed by atoms with Gasteiger partial charge in [0.25, 0.3) is 0 Å². The molecular formula is C82H125N21O31. The van der Waals surface area contributed by atoms with Gasteiger partial charge in [0.2, 0.25) is 106 Å². The van der Waals surface area contributed by atoms with Crippen molar-refractivity contribution < 1.29 is 151 Å². The van der Waals surface area contributed by atoms with Crippen LogP contribution in [0, 0.1) is 17.8 Å². The van der Waals surface area contributed by atoms with Gasteiger partial charge in [-0.1, -0.05) is 90.4 Å². The van der Waals surface area contributed by atoms with Gasteiger partial charge in [0.05, 0.1) is 51.5 Å². The molecule has 2 aromatic rings. The molecule has 2 aromatic carbocycles. The fourth-order valence-electron chi connectivity index (χ4n) is 12.7. The van der Waals surface area contributed by atoms with Gasteiger partial charge < -0.3 is 155 Å². The number of nitrogens with two attached hydrogens (primary N) is 5. The number of phenolic OH excluding ortho intramolecular Hbond substituents is 1. The van der Waals surface area contributed by atoms with E-state index in [9.17, 15) is 141 Å². The molecule has 0 radical (unpaired) electrons. The Hall–Kier alpha value is -14.2. The molecule has 0 fully saturated rings. The number of rotatable bonds is 65. The molecule has 0 aliphatic rings. The van der Waals surface area contributed by atoms with Crippen molar-refractivity contribution in [1.82, 2.24) is 85.1 Å². The van der Waals surface area contributed by atoms with Crippen LogP contribution in [0.25, 0.3) is 0 Å². The van der Waals surface area contributed by atoms with E-state index < -0.39 is 329 Å². The second-order valence-electron chi connectivity index (χ2n) is 31.9. The molecular weight excluding hydrogens is 1780 g/mol. The quantitative estimate of drug-likeness (QED) is 0.0274. The zero-order valence-corrected chi connectivity index (χ0v) is 74.7. The van der Waals surface area contributed by atoms with Crippen LogP contribution in [0.2, 0.25) is 0 Å². The lowest BCUT2D eigenvalue weighted by Gasteiger charge is -2.29. The van der Waals surface area contributed by atoms with Gasteiger partial charge in [-0.2, -0.15) is 0 Å². The first-order chi connectivity index (χ1) is 63.0. The van der Waals surface area contributed by atoms with Crippen LogP contribution in [0.1, 0.15) is 149 Å². The SMILES string of the molecule is CC[C@H](C)[C@H](NC(=O)[C@@H](N)CC(N)=O)C(=O)N[C@@H](CC(N)=O)C(=O)N[C@@H](CCC(=O)O)C(=O)N[C@@H](CC(=O)O)C(=O)NCC(=O)N[C@@H](CO)C(=O)N[C@@H](CCC(=O)O)C(=O)N[C@@H](CCCCN)C(=O)N[C@@H](Cc1ccccc1)C(=O)N[C@@H](Cc1ccc(O)cc1)C(=O)N[C@H](C(=O)N[C@@H](CC(=O)O)C(=O)N[C@@H](CO)C(=O)N[C@H](C(=O)N[C@@H](CCCCN)C(=O)NCC(=O)O)C(C)C)C(C)C. The number of hydrogen-bond donors (Lipinski definition) is 29. The molecule has 18 amide bonds. The van der Waals surface area contributed by atoms with Crippen molar-refractivity contribution in [2.24, 2.45) is 46.4 Å². The van der Waals surface area contributed by atoms with E-state index in [4.69, 9.17) is 33.8 Å². The molecule has 0 heterocycles. The van der Waals surface area contributed by atoms with Gasteiger partial charge in [-0.15, -0.1) is 0 Å². The van der Waals surface area contributed by atoms with Crippen LogP contribution >= 0.6 is 0 Å². The van der Waals surface area contributed by atoms with Crippen LogP contribution in [0.4, 0.5) is 0 Å². The number of aromatic hydroxyl groups is 1. The average molecular weight is 1900 g/mol. The molecule has 0 aliphatic carbocycles. The van der Waals surface area contributed by atoms with E-state index in [2.05, 4.69) is 69.1 Å². The van der Waals surface area contributed by atoms with E-state index in [1.807, 2.05) is 16.0 Å². The molecule has 744 valence electrons. The minimum Gasteiger partial charge on any atom is -0.508 e. The third-order valence-electron chi connectivity index (χ3n) is 20.2. The van der Waals surface area contributed by atoms with Crippen LogP contribution in [-0.2, 0) is 123 Å². The molecule has 0 unspecified atom stereocenters. The molecule has 52 nitrogen and oxygen atoms in total. The van der Waals surface area contributed by atoms with E-state index >= 15 is 4.79 Å². The van der Waals surface area contributed by atoms with Crippen molar-refractivity contribution in [2.45, 2.75) is 241 Å². The van der Waals surface area contributed by atoms with E-state index in [-0.39, 0.29) is 62.9 Å². The maximum atomic E-state index is 15.0. The van der Waals surface area contributed by atoms with Crippen molar-refractivity contribution in [3.05, 3.63) is 65.7 Å². The molecule has 34 N–H and O–H groups in total. The van der Waals surface area contributed by atoms with Crippen molar-refractivity contribution in [3.63, 3.8) is 0 Å². The third-order valence-corrected chi connectivity index (χ3v) is 20.2. The number of carboxylic acids is 5. The van der Waals surface area contributed by atoms with Crippen LogP contribution in [0.5, 0.6) is 5.75 Å². The average Bonchev–Trinajstić information content (AvgIpc) is 0.844. The Morgan fingerprint density at radius 1 is 0.321 bits per heavy atom. The van der Waals surface area contributed by atoms with Gasteiger partial charge in [0, 0.05) is 25.7 Å². The predicted molar refractivity (Wildman–Crippen MR) is 466 cm³/mol. The number of carboxylic acid groups (broad SMARTS) is 5. The highest BCUT2D eigenvalue weighted by Gasteiger charge is 2.41. The van der Waals surface area contributed by atoms with Gasteiger partial charge in [0.1, 0.15) is 96.9 Å². The largest absolute Gasteiger partial charge is 0.508 e. The van der Waals surface area contributed by atoms with E-state index in [0.29, 0.717) is 18.4 Å². The first-order valence-corrected chi connectivity index (χ1v) is 42.6. The molecule has 0 aliphatic heterocycles. The monoisotopic (exact) mass is 1900 g/mol. The molecule has 0 bridgehead atoms. The molecule has 2 rings (SSSR count). The summed E-state index contributed by atoms with van der Waals surface area (Å²) in [6.45, 7) is 4.62. The summed E-state index contributed by atoms with van der Waals surface area (Å²) >= 11 is 0. The first kappa shape index (κ1) is 116. The predicted octanol–water partition coefficient (Wildman–Crippen LogP) is -10.4. The number of aliphatic carboxylic acids is 5. The summed E-state index contributed by atoms with van der Waals surface area (Å²) in [5.41, 5.74) is 28.3. The number of primary amides is 2. The van der Waals surface area contributed by atoms with Crippen LogP contribution in [0.15, 0.2) is 54.6 Å². The smallest absolute Gasteiger partial charge is 0.322 e. The van der Waals surface area contributed by atoms with Crippen molar-refractivity contribution >= 4 is 136 Å². The molecule has 52 heteroatoms. The van der Waals surface area contributed by atoms with Gasteiger partial charge in [-0.05, 0) is 105 Å². The van der Waals surface area contributed by atoms with Crippen LogP contribution in [0.3, 0.4) is 0 Å². The van der Waals surface area contributed by atoms with Crippen LogP contribution in [-0.4, -0.2) is 307 Å². The molecule has 0 saturated heterocycles. The summed E-state index contributed by atoms with van der Waals surface area (Å²) in [4.78, 5) is 306. The zero-order valence-electron chi connectivity index (χ0n) is 74.7. The molecule has 134 heavy (non-hydrogen) atoms. The summed E-state index contributed by atoms with van der Waals surface area (Å²) in [6, 6.07) is -14.1. The normalized spacial score (nSPS) is 14.6.